The number of hydrogen-bond acceptors (Lipinski definition) is 4. The Morgan fingerprint density at radius 3 is 3.07 bits per heavy atom. The van der Waals surface area contributed by atoms with E-state index in [1.807, 2.05) is 13.2 Å². The zero-order valence-electron chi connectivity index (χ0n) is 9.25. The number of aromatic nitrogens is 1. The van der Waals surface area contributed by atoms with Crippen molar-refractivity contribution >= 4 is 0 Å². The zero-order chi connectivity index (χ0) is 10.5. The van der Waals surface area contributed by atoms with Gasteiger partial charge in [0.1, 0.15) is 5.76 Å². The Balaban J connectivity index is 1.93. The highest BCUT2D eigenvalue weighted by Gasteiger charge is 2.19. The molecule has 0 aliphatic carbocycles. The number of oxazole rings is 1. The van der Waals surface area contributed by atoms with Gasteiger partial charge >= 0.3 is 0 Å². The van der Waals surface area contributed by atoms with E-state index in [1.165, 1.54) is 0 Å². The molecule has 0 spiro atoms. The van der Waals surface area contributed by atoms with Crippen LogP contribution in [-0.2, 0) is 6.42 Å². The molecule has 0 aromatic carbocycles. The smallest absolute Gasteiger partial charge is 0.197 e. The van der Waals surface area contributed by atoms with Crippen LogP contribution in [0.3, 0.4) is 0 Å². The lowest BCUT2D eigenvalue weighted by Gasteiger charge is -2.19. The molecule has 15 heavy (non-hydrogen) atoms. The fourth-order valence-corrected chi connectivity index (χ4v) is 1.94. The van der Waals surface area contributed by atoms with Crippen LogP contribution in [0.2, 0.25) is 0 Å². The molecule has 1 fully saturated rings. The normalized spacial score (nSPS) is 18.2. The predicted octanol–water partition coefficient (Wildman–Crippen LogP) is 0.904. The molecule has 1 aliphatic rings. The topological polar surface area (TPSA) is 50.1 Å². The molecule has 1 aromatic rings. The van der Waals surface area contributed by atoms with Crippen LogP contribution in [0.25, 0.3) is 0 Å². The Morgan fingerprint density at radius 2 is 2.33 bits per heavy atom. The Hall–Kier alpha value is -0.870. The minimum atomic E-state index is 0.523. The monoisotopic (exact) mass is 209 g/mol. The van der Waals surface area contributed by atoms with Crippen LogP contribution in [0.1, 0.15) is 30.4 Å². The largest absolute Gasteiger partial charge is 0.445 e. The molecule has 4 heteroatoms. The molecule has 2 rings (SSSR count). The van der Waals surface area contributed by atoms with Crippen LogP contribution in [0.4, 0.5) is 0 Å². The van der Waals surface area contributed by atoms with Crippen molar-refractivity contribution in [2.24, 2.45) is 0 Å². The van der Waals surface area contributed by atoms with Gasteiger partial charge in [-0.25, -0.2) is 4.98 Å². The molecule has 2 N–H and O–H groups in total. The van der Waals surface area contributed by atoms with Crippen molar-refractivity contribution < 1.29 is 4.42 Å². The summed E-state index contributed by atoms with van der Waals surface area (Å²) in [6, 6.07) is 0. The second-order valence-corrected chi connectivity index (χ2v) is 4.04. The first kappa shape index (κ1) is 10.6. The molecule has 1 aromatic heterocycles. The van der Waals surface area contributed by atoms with Gasteiger partial charge in [0, 0.05) is 18.9 Å². The zero-order valence-corrected chi connectivity index (χ0v) is 9.25. The van der Waals surface area contributed by atoms with Gasteiger partial charge in [0.2, 0.25) is 0 Å². The third-order valence-corrected chi connectivity index (χ3v) is 2.88. The quantitative estimate of drug-likeness (QED) is 0.773. The van der Waals surface area contributed by atoms with E-state index in [4.69, 9.17) is 4.42 Å². The molecule has 84 valence electrons. The van der Waals surface area contributed by atoms with E-state index in [0.717, 1.165) is 50.5 Å². The van der Waals surface area contributed by atoms with Crippen molar-refractivity contribution in [3.8, 4) is 0 Å². The minimum absolute atomic E-state index is 0.523. The van der Waals surface area contributed by atoms with E-state index >= 15 is 0 Å². The lowest BCUT2D eigenvalue weighted by Crippen LogP contribution is -2.26. The first-order valence-corrected chi connectivity index (χ1v) is 5.70. The molecule has 0 atom stereocenters. The maximum Gasteiger partial charge on any atom is 0.197 e. The van der Waals surface area contributed by atoms with Crippen LogP contribution in [-0.4, -0.2) is 31.7 Å². The maximum atomic E-state index is 5.75. The summed E-state index contributed by atoms with van der Waals surface area (Å²) < 4.78 is 5.75. The second kappa shape index (κ2) is 5.28. The average Bonchev–Trinajstić information content (AvgIpc) is 2.76. The summed E-state index contributed by atoms with van der Waals surface area (Å²) in [7, 11) is 1.95. The summed E-state index contributed by atoms with van der Waals surface area (Å²) >= 11 is 0. The van der Waals surface area contributed by atoms with Gasteiger partial charge < -0.3 is 15.1 Å². The molecule has 0 radical (unpaired) electrons. The fraction of sp³-hybridized carbons (Fsp3) is 0.727. The van der Waals surface area contributed by atoms with Crippen molar-refractivity contribution in [1.82, 2.24) is 15.6 Å². The molecule has 1 aliphatic heterocycles. The van der Waals surface area contributed by atoms with Gasteiger partial charge in [0.05, 0.1) is 6.20 Å². The summed E-state index contributed by atoms with van der Waals surface area (Å²) in [5.74, 6) is 2.45. The Bertz CT molecular complexity index is 292. The third-order valence-electron chi connectivity index (χ3n) is 2.88. The molecule has 0 saturated carbocycles. The van der Waals surface area contributed by atoms with Gasteiger partial charge in [-0.15, -0.1) is 0 Å². The van der Waals surface area contributed by atoms with E-state index in [9.17, 15) is 0 Å². The minimum Gasteiger partial charge on any atom is -0.445 e. The number of piperidine rings is 1. The highest BCUT2D eigenvalue weighted by molar-refractivity contribution is 5.00. The second-order valence-electron chi connectivity index (χ2n) is 4.04. The van der Waals surface area contributed by atoms with Gasteiger partial charge in [-0.05, 0) is 33.0 Å². The predicted molar refractivity (Wildman–Crippen MR) is 59.0 cm³/mol. The van der Waals surface area contributed by atoms with E-state index in [2.05, 4.69) is 15.6 Å². The van der Waals surface area contributed by atoms with Gasteiger partial charge in [-0.2, -0.15) is 0 Å². The van der Waals surface area contributed by atoms with Gasteiger partial charge in [0.15, 0.2) is 5.89 Å². The van der Waals surface area contributed by atoms with Crippen LogP contribution in [0.5, 0.6) is 0 Å². The molecule has 0 amide bonds. The molecule has 1 saturated heterocycles. The maximum absolute atomic E-state index is 5.75. The molecule has 0 unspecified atom stereocenters. The van der Waals surface area contributed by atoms with E-state index in [-0.39, 0.29) is 0 Å². The van der Waals surface area contributed by atoms with Gasteiger partial charge in [0.25, 0.3) is 0 Å². The molecule has 4 nitrogen and oxygen atoms in total. The number of hydrogen-bond donors (Lipinski definition) is 2. The standard InChI is InChI=1S/C11H19N3O/c1-12-5-4-10-8-14-11(15-10)9-2-6-13-7-3-9/h8-9,12-13H,2-7H2,1H3. The molecular formula is C11H19N3O. The molecule has 0 bridgehead atoms. The summed E-state index contributed by atoms with van der Waals surface area (Å²) in [5, 5.41) is 6.45. The van der Waals surface area contributed by atoms with Crippen LogP contribution < -0.4 is 10.6 Å². The lowest BCUT2D eigenvalue weighted by atomic mass is 9.98. The Morgan fingerprint density at radius 1 is 1.53 bits per heavy atom. The number of nitrogens with zero attached hydrogens (tertiary/aromatic N) is 1. The average molecular weight is 209 g/mol. The highest BCUT2D eigenvalue weighted by atomic mass is 16.4. The first-order chi connectivity index (χ1) is 7.40. The third kappa shape index (κ3) is 2.79. The van der Waals surface area contributed by atoms with Crippen molar-refractivity contribution in [2.45, 2.75) is 25.2 Å². The number of likely N-dealkylation sites (N-methyl/N-ethyl adjacent to an activating group) is 1. The van der Waals surface area contributed by atoms with E-state index in [0.29, 0.717) is 5.92 Å². The van der Waals surface area contributed by atoms with Gasteiger partial charge in [-0.1, -0.05) is 0 Å². The van der Waals surface area contributed by atoms with Crippen LogP contribution in [0.15, 0.2) is 10.6 Å². The SMILES string of the molecule is CNCCc1cnc(C2CCNCC2)o1. The summed E-state index contributed by atoms with van der Waals surface area (Å²) in [4.78, 5) is 4.37. The van der Waals surface area contributed by atoms with E-state index in [1.54, 1.807) is 0 Å². The van der Waals surface area contributed by atoms with Crippen molar-refractivity contribution in [3.63, 3.8) is 0 Å². The number of rotatable bonds is 4. The lowest BCUT2D eigenvalue weighted by molar-refractivity contribution is 0.360. The van der Waals surface area contributed by atoms with Gasteiger partial charge in [-0.3, -0.25) is 0 Å². The van der Waals surface area contributed by atoms with E-state index < -0.39 is 0 Å². The van der Waals surface area contributed by atoms with Crippen LogP contribution >= 0.6 is 0 Å². The fourth-order valence-electron chi connectivity index (χ4n) is 1.94. The molecular weight excluding hydrogens is 190 g/mol. The van der Waals surface area contributed by atoms with Crippen molar-refractivity contribution in [2.75, 3.05) is 26.7 Å². The number of nitrogens with one attached hydrogen (secondary N) is 2. The summed E-state index contributed by atoms with van der Waals surface area (Å²) in [6.07, 6.45) is 5.08. The summed E-state index contributed by atoms with van der Waals surface area (Å²) in [6.45, 7) is 3.11. The molecule has 2 heterocycles. The van der Waals surface area contributed by atoms with Crippen molar-refractivity contribution in [1.29, 1.82) is 0 Å². The summed E-state index contributed by atoms with van der Waals surface area (Å²) in [5.41, 5.74) is 0. The Labute approximate surface area is 90.5 Å². The Kier molecular flexibility index (Phi) is 3.75. The van der Waals surface area contributed by atoms with Crippen molar-refractivity contribution in [3.05, 3.63) is 17.8 Å². The first-order valence-electron chi connectivity index (χ1n) is 5.70. The van der Waals surface area contributed by atoms with Crippen LogP contribution in [0, 0.1) is 0 Å². The highest BCUT2D eigenvalue weighted by Crippen LogP contribution is 2.24.